The lowest BCUT2D eigenvalue weighted by molar-refractivity contribution is -0.116. The largest absolute Gasteiger partial charge is 0.326 e. The topological polar surface area (TPSA) is 42.0 Å². The molecule has 1 aliphatic rings. The zero-order chi connectivity index (χ0) is 13.9. The number of anilines is 1. The number of carbonyl (C=O) groups excluding carboxylic acids is 1. The molecular weight excluding hydrogens is 248 g/mol. The lowest BCUT2D eigenvalue weighted by Gasteiger charge is -2.07. The molecule has 1 aliphatic carbocycles. The zero-order valence-electron chi connectivity index (χ0n) is 11.6. The molecule has 0 radical (unpaired) electrons. The van der Waals surface area contributed by atoms with Crippen LogP contribution in [0, 0.1) is 12.8 Å². The van der Waals surface area contributed by atoms with Crippen molar-refractivity contribution >= 4 is 11.6 Å². The molecule has 20 heavy (non-hydrogen) atoms. The Morgan fingerprint density at radius 2 is 1.95 bits per heavy atom. The van der Waals surface area contributed by atoms with E-state index < -0.39 is 0 Å². The summed E-state index contributed by atoms with van der Waals surface area (Å²) in [7, 11) is 0. The number of hydrogen-bond donors (Lipinski definition) is 1. The van der Waals surface area contributed by atoms with Crippen LogP contribution in [0.15, 0.2) is 42.6 Å². The summed E-state index contributed by atoms with van der Waals surface area (Å²) in [5, 5.41) is 2.95. The third-order valence-corrected chi connectivity index (χ3v) is 3.57. The highest BCUT2D eigenvalue weighted by molar-refractivity contribution is 5.91. The van der Waals surface area contributed by atoms with Crippen molar-refractivity contribution in [2.45, 2.75) is 26.2 Å². The van der Waals surface area contributed by atoms with E-state index in [0.29, 0.717) is 12.3 Å². The number of nitrogens with one attached hydrogen (secondary N) is 1. The fourth-order valence-corrected chi connectivity index (χ4v) is 2.27. The SMILES string of the molecule is Cc1cc(-c2ccc(NC(=O)CC3CC3)cc2)ccn1. The van der Waals surface area contributed by atoms with Crippen molar-refractivity contribution in [3.8, 4) is 11.1 Å². The van der Waals surface area contributed by atoms with E-state index in [-0.39, 0.29) is 5.91 Å². The first-order valence-corrected chi connectivity index (χ1v) is 7.03. The summed E-state index contributed by atoms with van der Waals surface area (Å²) in [6, 6.07) is 12.0. The van der Waals surface area contributed by atoms with Crippen LogP contribution in [0.3, 0.4) is 0 Å². The van der Waals surface area contributed by atoms with Gasteiger partial charge >= 0.3 is 0 Å². The summed E-state index contributed by atoms with van der Waals surface area (Å²) in [5.41, 5.74) is 4.15. The van der Waals surface area contributed by atoms with E-state index in [1.54, 1.807) is 0 Å². The number of carbonyl (C=O) groups is 1. The zero-order valence-corrected chi connectivity index (χ0v) is 11.6. The van der Waals surface area contributed by atoms with Crippen molar-refractivity contribution in [1.29, 1.82) is 0 Å². The normalized spacial score (nSPS) is 14.1. The van der Waals surface area contributed by atoms with Crippen LogP contribution in [-0.4, -0.2) is 10.9 Å². The minimum Gasteiger partial charge on any atom is -0.326 e. The van der Waals surface area contributed by atoms with E-state index in [1.807, 2.05) is 43.5 Å². The highest BCUT2D eigenvalue weighted by atomic mass is 16.1. The maximum Gasteiger partial charge on any atom is 0.224 e. The average molecular weight is 266 g/mol. The molecule has 3 nitrogen and oxygen atoms in total. The van der Waals surface area contributed by atoms with Gasteiger partial charge in [-0.25, -0.2) is 0 Å². The number of aryl methyl sites for hydroxylation is 1. The molecule has 1 heterocycles. The molecular formula is C17H18N2O. The van der Waals surface area contributed by atoms with E-state index in [0.717, 1.165) is 22.5 Å². The Morgan fingerprint density at radius 3 is 2.60 bits per heavy atom. The lowest BCUT2D eigenvalue weighted by Crippen LogP contribution is -2.11. The van der Waals surface area contributed by atoms with Crippen molar-refractivity contribution in [2.75, 3.05) is 5.32 Å². The van der Waals surface area contributed by atoms with E-state index in [9.17, 15) is 4.79 Å². The number of aromatic nitrogens is 1. The fraction of sp³-hybridized carbons (Fsp3) is 0.294. The second kappa shape index (κ2) is 5.45. The van der Waals surface area contributed by atoms with Crippen molar-refractivity contribution in [2.24, 2.45) is 5.92 Å². The van der Waals surface area contributed by atoms with E-state index in [1.165, 1.54) is 12.8 Å². The van der Waals surface area contributed by atoms with Crippen LogP contribution in [0.1, 0.15) is 25.0 Å². The van der Waals surface area contributed by atoms with Gasteiger partial charge in [0.25, 0.3) is 0 Å². The van der Waals surface area contributed by atoms with Gasteiger partial charge in [-0.15, -0.1) is 0 Å². The van der Waals surface area contributed by atoms with E-state index in [4.69, 9.17) is 0 Å². The highest BCUT2D eigenvalue weighted by Crippen LogP contribution is 2.32. The number of hydrogen-bond acceptors (Lipinski definition) is 2. The molecule has 3 heteroatoms. The van der Waals surface area contributed by atoms with Crippen LogP contribution in [0.5, 0.6) is 0 Å². The number of pyridine rings is 1. The molecule has 0 atom stereocenters. The Bertz CT molecular complexity index is 615. The molecule has 0 bridgehead atoms. The Morgan fingerprint density at radius 1 is 1.20 bits per heavy atom. The van der Waals surface area contributed by atoms with Crippen molar-refractivity contribution in [3.05, 3.63) is 48.3 Å². The second-order valence-electron chi connectivity index (χ2n) is 5.46. The summed E-state index contributed by atoms with van der Waals surface area (Å²) in [4.78, 5) is 15.9. The van der Waals surface area contributed by atoms with Gasteiger partial charge in [0.2, 0.25) is 5.91 Å². The average Bonchev–Trinajstić information content (AvgIpc) is 3.23. The molecule has 2 aromatic rings. The van der Waals surface area contributed by atoms with Gasteiger partial charge < -0.3 is 5.32 Å². The smallest absolute Gasteiger partial charge is 0.224 e. The van der Waals surface area contributed by atoms with Gasteiger partial charge in [-0.05, 0) is 61.1 Å². The van der Waals surface area contributed by atoms with Gasteiger partial charge in [0.1, 0.15) is 0 Å². The summed E-state index contributed by atoms with van der Waals surface area (Å²) in [6.07, 6.45) is 4.88. The molecule has 1 N–H and O–H groups in total. The number of benzene rings is 1. The van der Waals surface area contributed by atoms with Crippen LogP contribution in [0.2, 0.25) is 0 Å². The van der Waals surface area contributed by atoms with Crippen molar-refractivity contribution in [1.82, 2.24) is 4.98 Å². The minimum absolute atomic E-state index is 0.125. The molecule has 3 rings (SSSR count). The summed E-state index contributed by atoms with van der Waals surface area (Å²) in [5.74, 6) is 0.745. The predicted molar refractivity (Wildman–Crippen MR) is 80.4 cm³/mol. The number of amides is 1. The molecule has 0 aliphatic heterocycles. The van der Waals surface area contributed by atoms with Crippen molar-refractivity contribution < 1.29 is 4.79 Å². The summed E-state index contributed by atoms with van der Waals surface area (Å²) in [6.45, 7) is 1.98. The van der Waals surface area contributed by atoms with Crippen LogP contribution in [-0.2, 0) is 4.79 Å². The molecule has 1 fully saturated rings. The molecule has 1 amide bonds. The molecule has 0 spiro atoms. The fourth-order valence-electron chi connectivity index (χ4n) is 2.27. The lowest BCUT2D eigenvalue weighted by atomic mass is 10.1. The van der Waals surface area contributed by atoms with Gasteiger partial charge in [-0.2, -0.15) is 0 Å². The molecule has 1 aromatic heterocycles. The van der Waals surface area contributed by atoms with Crippen LogP contribution >= 0.6 is 0 Å². The quantitative estimate of drug-likeness (QED) is 0.914. The first-order chi connectivity index (χ1) is 9.70. The van der Waals surface area contributed by atoms with Crippen LogP contribution in [0.25, 0.3) is 11.1 Å². The monoisotopic (exact) mass is 266 g/mol. The molecule has 0 saturated heterocycles. The van der Waals surface area contributed by atoms with Crippen LogP contribution in [0.4, 0.5) is 5.69 Å². The van der Waals surface area contributed by atoms with Gasteiger partial charge in [0, 0.05) is 24.0 Å². The molecule has 102 valence electrons. The van der Waals surface area contributed by atoms with Gasteiger partial charge in [-0.1, -0.05) is 12.1 Å². The molecule has 0 unspecified atom stereocenters. The second-order valence-corrected chi connectivity index (χ2v) is 5.46. The predicted octanol–water partition coefficient (Wildman–Crippen LogP) is 3.80. The molecule has 1 aromatic carbocycles. The van der Waals surface area contributed by atoms with Gasteiger partial charge in [-0.3, -0.25) is 9.78 Å². The van der Waals surface area contributed by atoms with Crippen molar-refractivity contribution in [3.63, 3.8) is 0 Å². The highest BCUT2D eigenvalue weighted by Gasteiger charge is 2.24. The third-order valence-electron chi connectivity index (χ3n) is 3.57. The first-order valence-electron chi connectivity index (χ1n) is 7.03. The number of nitrogens with zero attached hydrogens (tertiary/aromatic N) is 1. The Hall–Kier alpha value is -2.16. The number of rotatable bonds is 4. The van der Waals surface area contributed by atoms with Gasteiger partial charge in [0.05, 0.1) is 0 Å². The Labute approximate surface area is 119 Å². The maximum atomic E-state index is 11.7. The summed E-state index contributed by atoms with van der Waals surface area (Å²) < 4.78 is 0. The van der Waals surface area contributed by atoms with E-state index in [2.05, 4.69) is 16.4 Å². The minimum atomic E-state index is 0.125. The first kappa shape index (κ1) is 12.9. The van der Waals surface area contributed by atoms with E-state index >= 15 is 0 Å². The standard InChI is InChI=1S/C17H18N2O/c1-12-10-15(8-9-18-12)14-4-6-16(7-5-14)19-17(20)11-13-2-3-13/h4-10,13H,2-3,11H2,1H3,(H,19,20). The van der Waals surface area contributed by atoms with Gasteiger partial charge in [0.15, 0.2) is 0 Å². The maximum absolute atomic E-state index is 11.7. The molecule has 1 saturated carbocycles. The Kier molecular flexibility index (Phi) is 3.50. The van der Waals surface area contributed by atoms with Crippen LogP contribution < -0.4 is 5.32 Å². The Balaban J connectivity index is 1.69. The summed E-state index contributed by atoms with van der Waals surface area (Å²) >= 11 is 0. The third kappa shape index (κ3) is 3.23.